The van der Waals surface area contributed by atoms with Crippen molar-refractivity contribution >= 4 is 11.9 Å². The Morgan fingerprint density at radius 2 is 0.698 bits per heavy atom. The third kappa shape index (κ3) is 7.04. The summed E-state index contributed by atoms with van der Waals surface area (Å²) in [5.74, 6) is -117. The number of carboxylic acid groups (broad SMARTS) is 1. The Hall–Kier alpha value is -2.99. The number of halogens is 27. The minimum absolute atomic E-state index is 0.540. The number of rotatable bonds is 18. The molecule has 0 aliphatic heterocycles. The van der Waals surface area contributed by atoms with Crippen molar-refractivity contribution in [3.63, 3.8) is 0 Å². The molecule has 0 aromatic carbocycles. The summed E-state index contributed by atoms with van der Waals surface area (Å²) in [6.07, 6.45) is -9.13. The number of carbonyl (C=O) groups is 2. The van der Waals surface area contributed by atoms with Crippen LogP contribution >= 0.6 is 0 Å². The van der Waals surface area contributed by atoms with E-state index in [-0.39, 0.29) is 0 Å². The van der Waals surface area contributed by atoms with E-state index in [2.05, 4.69) is 0 Å². The summed E-state index contributed by atoms with van der Waals surface area (Å²) in [6.45, 7) is -2.99. The topological polar surface area (TPSA) is 69.2 Å². The van der Waals surface area contributed by atoms with Gasteiger partial charge in [0, 0.05) is 13.0 Å². The molecule has 0 aromatic rings. The van der Waals surface area contributed by atoms with Crippen molar-refractivity contribution in [2.24, 2.45) is 0 Å². The molecule has 0 aliphatic rings. The van der Waals surface area contributed by atoms with E-state index in [1.807, 2.05) is 0 Å². The summed E-state index contributed by atoms with van der Waals surface area (Å²) in [5.41, 5.74) is 0. The predicted octanol–water partition coefficient (Wildman–Crippen LogP) is 6.50. The summed E-state index contributed by atoms with van der Waals surface area (Å²) >= 11 is 0. The van der Waals surface area contributed by atoms with Crippen LogP contribution < -0.4 is 10.4 Å². The Kier molecular flexibility index (Phi) is 12.6. The van der Waals surface area contributed by atoms with Crippen LogP contribution in [0.15, 0.2) is 0 Å². The molecule has 0 fully saturated rings. The maximum Gasteiger partial charge on any atom is 0.460 e. The van der Waals surface area contributed by atoms with Gasteiger partial charge in [-0.25, -0.2) is 0 Å². The molecular formula is C21H15F27N2O3. The third-order valence-electron chi connectivity index (χ3n) is 6.76. The van der Waals surface area contributed by atoms with Gasteiger partial charge in [-0.1, -0.05) is 0 Å². The van der Waals surface area contributed by atoms with Crippen molar-refractivity contribution in [2.75, 3.05) is 33.7 Å². The first-order valence-corrected chi connectivity index (χ1v) is 12.4. The molecule has 0 saturated heterocycles. The number of hydrogen-bond donors (Lipinski definition) is 1. The largest absolute Gasteiger partial charge is 0.544 e. The Morgan fingerprint density at radius 3 is 0.943 bits per heavy atom. The van der Waals surface area contributed by atoms with E-state index >= 15 is 0 Å². The number of nitrogens with one attached hydrogen (secondary N) is 1. The predicted molar refractivity (Wildman–Crippen MR) is 110 cm³/mol. The molecule has 0 spiro atoms. The molecule has 0 bridgehead atoms. The molecule has 1 N–H and O–H groups in total. The Morgan fingerprint density at radius 1 is 0.453 bits per heavy atom. The van der Waals surface area contributed by atoms with Gasteiger partial charge in [0.25, 0.3) is 5.91 Å². The highest BCUT2D eigenvalue weighted by atomic mass is 19.4. The molecule has 1 amide bonds. The number of quaternary nitrogens is 1. The van der Waals surface area contributed by atoms with E-state index in [1.54, 1.807) is 0 Å². The molecule has 0 aromatic heterocycles. The van der Waals surface area contributed by atoms with Crippen LogP contribution in [-0.4, -0.2) is 127 Å². The van der Waals surface area contributed by atoms with Crippen LogP contribution in [0, 0.1) is 0 Å². The molecule has 0 heterocycles. The van der Waals surface area contributed by atoms with Gasteiger partial charge < -0.3 is 19.7 Å². The average Bonchev–Trinajstić information content (AvgIpc) is 2.92. The van der Waals surface area contributed by atoms with E-state index in [0.717, 1.165) is 14.1 Å². The zero-order valence-electron chi connectivity index (χ0n) is 24.7. The van der Waals surface area contributed by atoms with Gasteiger partial charge >= 0.3 is 77.2 Å². The van der Waals surface area contributed by atoms with E-state index in [1.165, 1.54) is 0 Å². The van der Waals surface area contributed by atoms with Crippen molar-refractivity contribution in [3.8, 4) is 0 Å². The lowest BCUT2D eigenvalue weighted by Gasteiger charge is -2.46. The fraction of sp³-hybridized carbons (Fsp3) is 0.905. The van der Waals surface area contributed by atoms with Crippen LogP contribution in [0.4, 0.5) is 119 Å². The molecule has 0 saturated carbocycles. The van der Waals surface area contributed by atoms with Gasteiger partial charge in [0.2, 0.25) is 0 Å². The van der Waals surface area contributed by atoms with Crippen molar-refractivity contribution < 1.29 is 138 Å². The Balaban J connectivity index is 7.05. The van der Waals surface area contributed by atoms with Gasteiger partial charge in [-0.3, -0.25) is 4.79 Å². The minimum atomic E-state index is -9.88. The van der Waals surface area contributed by atoms with Gasteiger partial charge in [0.15, 0.2) is 0 Å². The van der Waals surface area contributed by atoms with E-state index in [0.29, 0.717) is 5.32 Å². The van der Waals surface area contributed by atoms with E-state index in [4.69, 9.17) is 0 Å². The van der Waals surface area contributed by atoms with Gasteiger partial charge in [0.1, 0.15) is 6.54 Å². The van der Waals surface area contributed by atoms with Gasteiger partial charge in [-0.05, 0) is 0 Å². The standard InChI is InChI=1S/C21H15F27N2O3/c1-50(2,6-7(51)52)5-3-4-49-8(53)9(22,23)10(24,25)11(26,27)12(28,29)13(30,31)14(32,33)15(34,35)16(36,37)17(38,39)18(40,41)19(42,43)20(44,45)21(46,47)48/h3-6H2,1-2H3,(H-,49,51,52,53). The SMILES string of the molecule is C[N+](C)(CCCNC(=O)C(F)(F)C(F)(F)C(F)(F)C(F)(F)C(F)(F)C(F)(F)C(F)(F)C(F)(F)C(F)(F)C(F)(F)C(F)(F)C(F)(F)C(F)(F)F)CC(=O)[O-]. The molecule has 0 unspecified atom stereocenters. The first-order valence-electron chi connectivity index (χ1n) is 12.4. The zero-order chi connectivity index (χ0) is 43.7. The third-order valence-corrected chi connectivity index (χ3v) is 6.76. The number of carboxylic acids is 1. The summed E-state index contributed by atoms with van der Waals surface area (Å²) < 4.78 is 365. The summed E-state index contributed by atoms with van der Waals surface area (Å²) in [4.78, 5) is 22.0. The summed E-state index contributed by atoms with van der Waals surface area (Å²) in [7, 11) is 2.04. The highest BCUT2D eigenvalue weighted by molar-refractivity contribution is 5.84. The van der Waals surface area contributed by atoms with Crippen LogP contribution in [0.25, 0.3) is 0 Å². The van der Waals surface area contributed by atoms with Crippen LogP contribution in [0.1, 0.15) is 6.42 Å². The normalized spacial score (nSPS) is 16.2. The quantitative estimate of drug-likeness (QED) is 0.0973. The lowest BCUT2D eigenvalue weighted by atomic mass is 9.84. The maximum absolute atomic E-state index is 14.0. The number of likely N-dealkylation sites (N-methyl/N-ethyl adjacent to an activating group) is 1. The van der Waals surface area contributed by atoms with Crippen molar-refractivity contribution in [1.82, 2.24) is 5.32 Å². The van der Waals surface area contributed by atoms with Crippen molar-refractivity contribution in [1.29, 1.82) is 0 Å². The fourth-order valence-electron chi connectivity index (χ4n) is 3.54. The van der Waals surface area contributed by atoms with Gasteiger partial charge in [-0.2, -0.15) is 119 Å². The van der Waals surface area contributed by atoms with E-state index in [9.17, 15) is 133 Å². The smallest absolute Gasteiger partial charge is 0.460 e. The number of hydrogen-bond acceptors (Lipinski definition) is 3. The van der Waals surface area contributed by atoms with Crippen molar-refractivity contribution in [3.05, 3.63) is 0 Å². The molecule has 53 heavy (non-hydrogen) atoms. The van der Waals surface area contributed by atoms with Crippen LogP contribution in [0.3, 0.4) is 0 Å². The number of amides is 1. The molecule has 5 nitrogen and oxygen atoms in total. The zero-order valence-corrected chi connectivity index (χ0v) is 24.7. The maximum atomic E-state index is 14.0. The van der Waals surface area contributed by atoms with Gasteiger partial charge in [0.05, 0.1) is 26.6 Å². The molecule has 32 heteroatoms. The fourth-order valence-corrected chi connectivity index (χ4v) is 3.54. The number of aliphatic carboxylic acids is 1. The number of nitrogens with zero attached hydrogens (tertiary/aromatic N) is 1. The Bertz CT molecular complexity index is 1350. The summed E-state index contributed by atoms with van der Waals surface area (Å²) in [6, 6.07) is 0. The average molecular weight is 856 g/mol. The van der Waals surface area contributed by atoms with Crippen LogP contribution in [0.5, 0.6) is 0 Å². The molecule has 0 rings (SSSR count). The van der Waals surface area contributed by atoms with Crippen molar-refractivity contribution in [2.45, 2.75) is 83.7 Å². The number of alkyl halides is 27. The second kappa shape index (κ2) is 13.3. The highest BCUT2D eigenvalue weighted by Crippen LogP contribution is 2.68. The Labute approximate surface area is 273 Å². The van der Waals surface area contributed by atoms with Gasteiger partial charge in [-0.15, -0.1) is 0 Å². The monoisotopic (exact) mass is 856 g/mol. The summed E-state index contributed by atoms with van der Waals surface area (Å²) in [5, 5.41) is 11.1. The lowest BCUT2D eigenvalue weighted by Crippen LogP contribution is -2.79. The van der Waals surface area contributed by atoms with Crippen LogP contribution in [-0.2, 0) is 9.59 Å². The molecular weight excluding hydrogens is 841 g/mol. The highest BCUT2D eigenvalue weighted by Gasteiger charge is 3.00. The van der Waals surface area contributed by atoms with Crippen LogP contribution in [0.2, 0.25) is 0 Å². The molecule has 0 aliphatic carbocycles. The second-order valence-corrected chi connectivity index (χ2v) is 11.2. The second-order valence-electron chi connectivity index (χ2n) is 11.2. The molecule has 0 atom stereocenters. The first-order chi connectivity index (χ1) is 22.5. The van der Waals surface area contributed by atoms with E-state index < -0.39 is 120 Å². The molecule has 316 valence electrons. The number of carbonyl (C=O) groups excluding carboxylic acids is 2. The molecule has 0 radical (unpaired) electrons. The minimum Gasteiger partial charge on any atom is -0.544 e. The first kappa shape index (κ1) is 50.0. The lowest BCUT2D eigenvalue weighted by molar-refractivity contribution is -0.884.